The molecule has 6 heteroatoms. The molecular weight excluding hydrogens is 274 g/mol. The number of thiophene rings is 1. The lowest BCUT2D eigenvalue weighted by Crippen LogP contribution is -2.38. The van der Waals surface area contributed by atoms with Gasteiger partial charge in [-0.15, -0.1) is 11.3 Å². The first kappa shape index (κ1) is 16.5. The predicted molar refractivity (Wildman–Crippen MR) is 81.6 cm³/mol. The van der Waals surface area contributed by atoms with Crippen LogP contribution >= 0.6 is 11.3 Å². The van der Waals surface area contributed by atoms with E-state index >= 15 is 0 Å². The Kier molecular flexibility index (Phi) is 7.08. The summed E-state index contributed by atoms with van der Waals surface area (Å²) in [6.07, 6.45) is 2.30. The summed E-state index contributed by atoms with van der Waals surface area (Å²) in [7, 11) is 0. The van der Waals surface area contributed by atoms with Crippen molar-refractivity contribution in [3.05, 3.63) is 22.4 Å². The minimum atomic E-state index is -0.604. The summed E-state index contributed by atoms with van der Waals surface area (Å²) >= 11 is 1.51. The molecule has 0 saturated carbocycles. The number of carbonyl (C=O) groups excluding carboxylic acids is 2. The molecule has 0 aliphatic rings. The van der Waals surface area contributed by atoms with Crippen LogP contribution in [0.15, 0.2) is 17.5 Å². The van der Waals surface area contributed by atoms with Gasteiger partial charge in [0.1, 0.15) is 0 Å². The zero-order valence-electron chi connectivity index (χ0n) is 12.1. The number of unbranched alkanes of at least 4 members (excludes halogenated alkanes) is 1. The number of urea groups is 1. The van der Waals surface area contributed by atoms with Crippen molar-refractivity contribution in [2.24, 2.45) is 5.73 Å². The summed E-state index contributed by atoms with van der Waals surface area (Å²) in [5, 5.41) is 4.57. The average Bonchev–Trinajstić information content (AvgIpc) is 2.92. The fraction of sp³-hybridized carbons (Fsp3) is 0.571. The molecule has 112 valence electrons. The van der Waals surface area contributed by atoms with Gasteiger partial charge in [-0.05, 0) is 24.8 Å². The smallest absolute Gasteiger partial charge is 0.312 e. The van der Waals surface area contributed by atoms with Gasteiger partial charge in [0, 0.05) is 18.0 Å². The van der Waals surface area contributed by atoms with E-state index in [0.29, 0.717) is 6.54 Å². The molecule has 1 aromatic heterocycles. The van der Waals surface area contributed by atoms with Gasteiger partial charge in [0.2, 0.25) is 5.91 Å². The summed E-state index contributed by atoms with van der Waals surface area (Å²) in [5.74, 6) is 0.0492. The van der Waals surface area contributed by atoms with Gasteiger partial charge in [0.05, 0.1) is 12.5 Å². The highest BCUT2D eigenvalue weighted by atomic mass is 32.1. The van der Waals surface area contributed by atoms with Crippen molar-refractivity contribution in [1.82, 2.24) is 10.2 Å². The molecule has 3 N–H and O–H groups in total. The van der Waals surface area contributed by atoms with Gasteiger partial charge in [-0.2, -0.15) is 0 Å². The second kappa shape index (κ2) is 8.58. The van der Waals surface area contributed by atoms with Crippen LogP contribution in [0.25, 0.3) is 0 Å². The van der Waals surface area contributed by atoms with E-state index in [-0.39, 0.29) is 18.4 Å². The van der Waals surface area contributed by atoms with E-state index in [2.05, 4.69) is 12.2 Å². The van der Waals surface area contributed by atoms with Crippen LogP contribution in [0.1, 0.15) is 44.0 Å². The number of hydrogen-bond donors (Lipinski definition) is 2. The van der Waals surface area contributed by atoms with Crippen molar-refractivity contribution in [1.29, 1.82) is 0 Å². The third-order valence-corrected chi connectivity index (χ3v) is 4.08. The van der Waals surface area contributed by atoms with E-state index in [1.807, 2.05) is 29.3 Å². The first-order valence-electron chi connectivity index (χ1n) is 6.95. The van der Waals surface area contributed by atoms with E-state index in [9.17, 15) is 9.59 Å². The van der Waals surface area contributed by atoms with Gasteiger partial charge >= 0.3 is 6.03 Å². The van der Waals surface area contributed by atoms with Gasteiger partial charge < -0.3 is 16.0 Å². The van der Waals surface area contributed by atoms with Crippen LogP contribution in [0.2, 0.25) is 0 Å². The molecule has 0 aliphatic carbocycles. The van der Waals surface area contributed by atoms with Crippen LogP contribution in [0.5, 0.6) is 0 Å². The lowest BCUT2D eigenvalue weighted by molar-refractivity contribution is -0.131. The topological polar surface area (TPSA) is 75.4 Å². The van der Waals surface area contributed by atoms with Crippen molar-refractivity contribution in [3.8, 4) is 0 Å². The SMILES string of the molecule is CCCCN(CC)C(=O)CC(NC(N)=O)c1cccs1. The van der Waals surface area contributed by atoms with E-state index in [0.717, 1.165) is 24.3 Å². The summed E-state index contributed by atoms with van der Waals surface area (Å²) in [6.45, 7) is 5.52. The normalized spacial score (nSPS) is 11.9. The number of carbonyl (C=O) groups is 2. The van der Waals surface area contributed by atoms with Crippen LogP contribution in [0.4, 0.5) is 4.79 Å². The quantitative estimate of drug-likeness (QED) is 0.773. The Labute approximate surface area is 124 Å². The lowest BCUT2D eigenvalue weighted by Gasteiger charge is -2.23. The van der Waals surface area contributed by atoms with Gasteiger partial charge in [-0.1, -0.05) is 19.4 Å². The zero-order chi connectivity index (χ0) is 15.0. The van der Waals surface area contributed by atoms with Gasteiger partial charge in [0.15, 0.2) is 0 Å². The molecule has 1 unspecified atom stereocenters. The number of rotatable bonds is 8. The molecule has 3 amide bonds. The summed E-state index contributed by atoms with van der Waals surface area (Å²) in [4.78, 5) is 26.2. The van der Waals surface area contributed by atoms with E-state index < -0.39 is 6.03 Å². The highest BCUT2D eigenvalue weighted by Crippen LogP contribution is 2.22. The zero-order valence-corrected chi connectivity index (χ0v) is 12.9. The first-order valence-corrected chi connectivity index (χ1v) is 7.83. The second-order valence-electron chi connectivity index (χ2n) is 4.61. The number of nitrogens with two attached hydrogens (primary N) is 1. The van der Waals surface area contributed by atoms with Crippen LogP contribution in [0, 0.1) is 0 Å². The molecule has 0 fully saturated rings. The predicted octanol–water partition coefficient (Wildman–Crippen LogP) is 2.50. The fourth-order valence-corrected chi connectivity index (χ4v) is 2.77. The number of hydrogen-bond acceptors (Lipinski definition) is 3. The molecule has 0 bridgehead atoms. The van der Waals surface area contributed by atoms with Crippen LogP contribution in [-0.2, 0) is 4.79 Å². The van der Waals surface area contributed by atoms with Crippen LogP contribution in [-0.4, -0.2) is 29.9 Å². The summed E-state index contributed by atoms with van der Waals surface area (Å²) < 4.78 is 0. The maximum atomic E-state index is 12.3. The Morgan fingerprint density at radius 1 is 1.45 bits per heavy atom. The fourth-order valence-electron chi connectivity index (χ4n) is 2.00. The molecule has 0 saturated heterocycles. The maximum absolute atomic E-state index is 12.3. The second-order valence-corrected chi connectivity index (χ2v) is 5.59. The Bertz CT molecular complexity index is 420. The standard InChI is InChI=1S/C14H23N3O2S/c1-3-5-8-17(4-2)13(18)10-11(16-14(15)19)12-7-6-9-20-12/h6-7,9,11H,3-5,8,10H2,1-2H3,(H3,15,16,19). The Balaban J connectivity index is 2.68. The molecule has 0 aliphatic heterocycles. The van der Waals surface area contributed by atoms with Crippen molar-refractivity contribution < 1.29 is 9.59 Å². The molecule has 1 atom stereocenters. The monoisotopic (exact) mass is 297 g/mol. The third kappa shape index (κ3) is 5.21. The molecule has 1 heterocycles. The summed E-state index contributed by atoms with van der Waals surface area (Å²) in [5.41, 5.74) is 5.19. The minimum Gasteiger partial charge on any atom is -0.352 e. The van der Waals surface area contributed by atoms with Crippen molar-refractivity contribution in [2.45, 2.75) is 39.2 Å². The van der Waals surface area contributed by atoms with Crippen molar-refractivity contribution in [3.63, 3.8) is 0 Å². The Hall–Kier alpha value is -1.56. The molecule has 20 heavy (non-hydrogen) atoms. The summed E-state index contributed by atoms with van der Waals surface area (Å²) in [6, 6.07) is 2.86. The number of nitrogens with zero attached hydrogens (tertiary/aromatic N) is 1. The highest BCUT2D eigenvalue weighted by Gasteiger charge is 2.21. The largest absolute Gasteiger partial charge is 0.352 e. The van der Waals surface area contributed by atoms with Gasteiger partial charge in [-0.25, -0.2) is 4.79 Å². The van der Waals surface area contributed by atoms with Crippen molar-refractivity contribution >= 4 is 23.3 Å². The van der Waals surface area contributed by atoms with Crippen molar-refractivity contribution in [2.75, 3.05) is 13.1 Å². The average molecular weight is 297 g/mol. The highest BCUT2D eigenvalue weighted by molar-refractivity contribution is 7.10. The number of primary amides is 1. The number of nitrogens with one attached hydrogen (secondary N) is 1. The van der Waals surface area contributed by atoms with E-state index in [4.69, 9.17) is 5.73 Å². The maximum Gasteiger partial charge on any atom is 0.312 e. The van der Waals surface area contributed by atoms with E-state index in [1.54, 1.807) is 0 Å². The van der Waals surface area contributed by atoms with Crippen LogP contribution < -0.4 is 11.1 Å². The molecule has 5 nitrogen and oxygen atoms in total. The molecule has 1 aromatic rings. The Morgan fingerprint density at radius 2 is 2.20 bits per heavy atom. The molecule has 0 aromatic carbocycles. The van der Waals surface area contributed by atoms with Crippen LogP contribution in [0.3, 0.4) is 0 Å². The van der Waals surface area contributed by atoms with E-state index in [1.165, 1.54) is 11.3 Å². The minimum absolute atomic E-state index is 0.0492. The lowest BCUT2D eigenvalue weighted by atomic mass is 10.1. The molecular formula is C14H23N3O2S. The third-order valence-electron chi connectivity index (χ3n) is 3.10. The first-order chi connectivity index (χ1) is 9.58. The molecule has 0 radical (unpaired) electrons. The van der Waals surface area contributed by atoms with Gasteiger partial charge in [-0.3, -0.25) is 4.79 Å². The van der Waals surface area contributed by atoms with Gasteiger partial charge in [0.25, 0.3) is 0 Å². The Morgan fingerprint density at radius 3 is 2.70 bits per heavy atom. The number of amides is 3. The molecule has 0 spiro atoms. The molecule has 1 rings (SSSR count).